The first kappa shape index (κ1) is 13.9. The summed E-state index contributed by atoms with van der Waals surface area (Å²) < 4.78 is 10.8. The van der Waals surface area contributed by atoms with Crippen molar-refractivity contribution in [3.63, 3.8) is 0 Å². The summed E-state index contributed by atoms with van der Waals surface area (Å²) in [5.74, 6) is 0.0595. The third-order valence-electron chi connectivity index (χ3n) is 2.58. The minimum absolute atomic E-state index is 0.0595. The molecule has 0 amide bonds. The summed E-state index contributed by atoms with van der Waals surface area (Å²) in [5.41, 5.74) is 0. The minimum atomic E-state index is -1.13. The van der Waals surface area contributed by atoms with Crippen LogP contribution in [0.25, 0.3) is 0 Å². The average Bonchev–Trinajstić information content (AvgIpc) is 2.71. The van der Waals surface area contributed by atoms with Crippen LogP contribution in [0.2, 0.25) is 5.82 Å². The average molecular weight is 234 g/mol. The monoisotopic (exact) mass is 234 g/mol. The second-order valence-electron chi connectivity index (χ2n) is 4.31. The summed E-state index contributed by atoms with van der Waals surface area (Å²) in [6.45, 7) is 2.79. The van der Waals surface area contributed by atoms with Gasteiger partial charge in [-0.2, -0.15) is 0 Å². The maximum absolute atomic E-state index is 9.52. The Morgan fingerprint density at radius 2 is 1.38 bits per heavy atom. The third kappa shape index (κ3) is 2.94. The van der Waals surface area contributed by atoms with E-state index in [9.17, 15) is 10.2 Å². The summed E-state index contributed by atoms with van der Waals surface area (Å²) in [6.07, 6.45) is -3.90. The van der Waals surface area contributed by atoms with Crippen molar-refractivity contribution in [2.45, 2.75) is 44.1 Å². The second kappa shape index (κ2) is 5.95. The summed E-state index contributed by atoms with van der Waals surface area (Å²) >= 11 is 0. The van der Waals surface area contributed by atoms with E-state index in [-0.39, 0.29) is 5.82 Å². The molecule has 1 fully saturated rings. The Hall–Kier alpha value is -0.175. The van der Waals surface area contributed by atoms with E-state index in [0.29, 0.717) is 0 Å². The fraction of sp³-hybridized carbons (Fsp3) is 1.00. The molecule has 1 rings (SSSR count). The van der Waals surface area contributed by atoms with Crippen LogP contribution in [0.1, 0.15) is 13.8 Å². The fourth-order valence-electron chi connectivity index (χ4n) is 1.64. The van der Waals surface area contributed by atoms with Crippen molar-refractivity contribution in [1.82, 2.24) is 0 Å². The van der Waals surface area contributed by atoms with E-state index in [1.165, 1.54) is 0 Å². The highest BCUT2D eigenvalue weighted by Gasteiger charge is 2.47. The van der Waals surface area contributed by atoms with Crippen LogP contribution in [-0.4, -0.2) is 65.2 Å². The van der Waals surface area contributed by atoms with Gasteiger partial charge in [-0.1, -0.05) is 13.8 Å². The molecule has 0 saturated carbocycles. The Morgan fingerprint density at radius 1 is 1.00 bits per heavy atom. The molecule has 0 aromatic rings. The standard InChI is InChI=1S/C9H19BO6/c1-5(2)10-15-8(6(13)3-11)9(16-10)7(14)4-12/h5-9,11-14H,3-4H2,1-2H3. The van der Waals surface area contributed by atoms with Crippen LogP contribution in [-0.2, 0) is 9.31 Å². The van der Waals surface area contributed by atoms with Crippen molar-refractivity contribution >= 4 is 7.12 Å². The van der Waals surface area contributed by atoms with Gasteiger partial charge < -0.3 is 29.7 Å². The van der Waals surface area contributed by atoms with E-state index in [1.807, 2.05) is 13.8 Å². The van der Waals surface area contributed by atoms with Crippen LogP contribution in [0.4, 0.5) is 0 Å². The van der Waals surface area contributed by atoms with Crippen molar-refractivity contribution in [1.29, 1.82) is 0 Å². The molecule has 16 heavy (non-hydrogen) atoms. The quantitative estimate of drug-likeness (QED) is 0.426. The molecule has 94 valence electrons. The van der Waals surface area contributed by atoms with Crippen molar-refractivity contribution in [3.05, 3.63) is 0 Å². The Balaban J connectivity index is 2.70. The molecule has 0 aromatic heterocycles. The Bertz CT molecular complexity index is 196. The van der Waals surface area contributed by atoms with Gasteiger partial charge in [0.15, 0.2) is 0 Å². The first-order chi connectivity index (χ1) is 7.51. The van der Waals surface area contributed by atoms with E-state index in [4.69, 9.17) is 19.5 Å². The van der Waals surface area contributed by atoms with Gasteiger partial charge in [0.2, 0.25) is 0 Å². The van der Waals surface area contributed by atoms with E-state index >= 15 is 0 Å². The van der Waals surface area contributed by atoms with Gasteiger partial charge in [0.25, 0.3) is 0 Å². The normalized spacial score (nSPS) is 29.8. The van der Waals surface area contributed by atoms with Crippen molar-refractivity contribution < 1.29 is 29.7 Å². The van der Waals surface area contributed by atoms with Gasteiger partial charge >= 0.3 is 7.12 Å². The van der Waals surface area contributed by atoms with Crippen LogP contribution < -0.4 is 0 Å². The molecular formula is C9H19BO6. The zero-order valence-corrected chi connectivity index (χ0v) is 9.48. The van der Waals surface area contributed by atoms with Gasteiger partial charge in [-0.05, 0) is 5.82 Å². The molecule has 0 bridgehead atoms. The Labute approximate surface area is 94.9 Å². The fourth-order valence-corrected chi connectivity index (χ4v) is 1.64. The first-order valence-electron chi connectivity index (χ1n) is 5.40. The van der Waals surface area contributed by atoms with Gasteiger partial charge in [0.1, 0.15) is 12.2 Å². The lowest BCUT2D eigenvalue weighted by Crippen LogP contribution is -2.45. The van der Waals surface area contributed by atoms with Crippen LogP contribution in [0, 0.1) is 0 Å². The topological polar surface area (TPSA) is 99.4 Å². The summed E-state index contributed by atoms with van der Waals surface area (Å²) in [6, 6.07) is 0. The summed E-state index contributed by atoms with van der Waals surface area (Å²) in [5, 5.41) is 36.8. The molecule has 6 nitrogen and oxygen atoms in total. The molecule has 1 saturated heterocycles. The highest BCUT2D eigenvalue weighted by molar-refractivity contribution is 6.46. The maximum atomic E-state index is 9.52. The van der Waals surface area contributed by atoms with Crippen LogP contribution in [0.5, 0.6) is 0 Å². The Morgan fingerprint density at radius 3 is 1.62 bits per heavy atom. The maximum Gasteiger partial charge on any atom is 0.460 e. The number of hydrogen-bond donors (Lipinski definition) is 4. The predicted octanol–water partition coefficient (Wildman–Crippen LogP) is -1.62. The molecular weight excluding hydrogens is 215 g/mol. The molecule has 1 aliphatic rings. The lowest BCUT2D eigenvalue weighted by atomic mass is 9.75. The van der Waals surface area contributed by atoms with Crippen molar-refractivity contribution in [3.8, 4) is 0 Å². The molecule has 4 unspecified atom stereocenters. The molecule has 0 spiro atoms. The number of rotatable bonds is 5. The lowest BCUT2D eigenvalue weighted by Gasteiger charge is -2.24. The predicted molar refractivity (Wildman–Crippen MR) is 56.8 cm³/mol. The minimum Gasteiger partial charge on any atom is -0.403 e. The molecule has 4 atom stereocenters. The Kier molecular flexibility index (Phi) is 5.16. The smallest absolute Gasteiger partial charge is 0.403 e. The zero-order chi connectivity index (χ0) is 12.3. The van der Waals surface area contributed by atoms with E-state index < -0.39 is 44.7 Å². The molecule has 0 aromatic carbocycles. The number of aliphatic hydroxyl groups excluding tert-OH is 4. The third-order valence-corrected chi connectivity index (χ3v) is 2.58. The van der Waals surface area contributed by atoms with Crippen LogP contribution in [0.15, 0.2) is 0 Å². The first-order valence-corrected chi connectivity index (χ1v) is 5.40. The highest BCUT2D eigenvalue weighted by Crippen LogP contribution is 2.27. The lowest BCUT2D eigenvalue weighted by molar-refractivity contribution is -0.0640. The van der Waals surface area contributed by atoms with Gasteiger partial charge in [0, 0.05) is 0 Å². The van der Waals surface area contributed by atoms with Gasteiger partial charge in [-0.15, -0.1) is 0 Å². The van der Waals surface area contributed by atoms with Crippen LogP contribution in [0.3, 0.4) is 0 Å². The van der Waals surface area contributed by atoms with E-state index in [1.54, 1.807) is 0 Å². The van der Waals surface area contributed by atoms with E-state index in [0.717, 1.165) is 0 Å². The molecule has 1 aliphatic heterocycles. The van der Waals surface area contributed by atoms with Crippen molar-refractivity contribution in [2.24, 2.45) is 0 Å². The van der Waals surface area contributed by atoms with Crippen molar-refractivity contribution in [2.75, 3.05) is 13.2 Å². The number of hydrogen-bond acceptors (Lipinski definition) is 6. The molecule has 4 N–H and O–H groups in total. The van der Waals surface area contributed by atoms with Gasteiger partial charge in [-0.3, -0.25) is 0 Å². The molecule has 0 radical (unpaired) electrons. The summed E-state index contributed by atoms with van der Waals surface area (Å²) in [4.78, 5) is 0. The van der Waals surface area contributed by atoms with Gasteiger partial charge in [-0.25, -0.2) is 0 Å². The largest absolute Gasteiger partial charge is 0.460 e. The van der Waals surface area contributed by atoms with E-state index in [2.05, 4.69) is 0 Å². The van der Waals surface area contributed by atoms with Crippen LogP contribution >= 0.6 is 0 Å². The van der Waals surface area contributed by atoms with Gasteiger partial charge in [0.05, 0.1) is 25.4 Å². The molecule has 7 heteroatoms. The summed E-state index contributed by atoms with van der Waals surface area (Å²) in [7, 11) is -0.544. The zero-order valence-electron chi connectivity index (χ0n) is 9.48. The molecule has 1 heterocycles. The highest BCUT2D eigenvalue weighted by atomic mass is 16.7. The SMILES string of the molecule is CC(C)B1OC(C(O)CO)C(C(O)CO)O1. The second-order valence-corrected chi connectivity index (χ2v) is 4.31. The molecule has 0 aliphatic carbocycles. The number of aliphatic hydroxyl groups is 4.